The van der Waals surface area contributed by atoms with Gasteiger partial charge in [0, 0.05) is 23.7 Å². The van der Waals surface area contributed by atoms with Gasteiger partial charge in [-0.25, -0.2) is 9.67 Å². The maximum absolute atomic E-state index is 13.6. The van der Waals surface area contributed by atoms with Crippen LogP contribution in [0.5, 0.6) is 0 Å². The molecule has 3 rings (SSSR count). The second kappa shape index (κ2) is 6.35. The summed E-state index contributed by atoms with van der Waals surface area (Å²) in [5, 5.41) is 0.334. The van der Waals surface area contributed by atoms with Gasteiger partial charge in [-0.2, -0.15) is 27.1 Å². The van der Waals surface area contributed by atoms with E-state index in [1.165, 1.54) is 43.4 Å². The molecule has 3 aromatic rings. The molecule has 0 atom stereocenters. The summed E-state index contributed by atoms with van der Waals surface area (Å²) < 4.78 is 68.1. The number of nitrogens with zero attached hydrogens (tertiary/aromatic N) is 3. The van der Waals surface area contributed by atoms with Gasteiger partial charge in [-0.1, -0.05) is 42.5 Å². The summed E-state index contributed by atoms with van der Waals surface area (Å²) >= 11 is 5.12. The zero-order valence-corrected chi connectivity index (χ0v) is 14.0. The third-order valence-electron chi connectivity index (χ3n) is 3.71. The number of hydrogen-bond acceptors (Lipinski definition) is 2. The van der Waals surface area contributed by atoms with E-state index in [2.05, 4.69) is 10.1 Å². The standard InChI is InChI=1S/C17H11ClF5N3/c1-26-15(11-7-3-5-9-13(11)17(21,22)23)24-14(25-26)10-6-2-4-8-12(10)16(18,19)20/h2-9H,1H3. The number of halogens is 6. The van der Waals surface area contributed by atoms with Gasteiger partial charge in [0.15, 0.2) is 11.6 Å². The van der Waals surface area contributed by atoms with Gasteiger partial charge >= 0.3 is 11.6 Å². The molecule has 3 nitrogen and oxygen atoms in total. The maximum Gasteiger partial charge on any atom is 0.417 e. The van der Waals surface area contributed by atoms with Gasteiger partial charge in [0.1, 0.15) is 0 Å². The average Bonchev–Trinajstić information content (AvgIpc) is 2.95. The Balaban J connectivity index is 2.17. The lowest BCUT2D eigenvalue weighted by atomic mass is 10.1. The van der Waals surface area contributed by atoms with E-state index >= 15 is 0 Å². The van der Waals surface area contributed by atoms with Crippen molar-refractivity contribution in [2.75, 3.05) is 0 Å². The molecule has 26 heavy (non-hydrogen) atoms. The van der Waals surface area contributed by atoms with Crippen LogP contribution in [-0.4, -0.2) is 14.8 Å². The minimum atomic E-state index is -4.59. The Morgan fingerprint density at radius 2 is 1.38 bits per heavy atom. The number of hydrogen-bond donors (Lipinski definition) is 0. The van der Waals surface area contributed by atoms with Gasteiger partial charge in [0.05, 0.1) is 5.56 Å². The molecule has 0 unspecified atom stereocenters. The molecule has 9 heteroatoms. The highest BCUT2D eigenvalue weighted by Crippen LogP contribution is 2.40. The lowest BCUT2D eigenvalue weighted by Crippen LogP contribution is -2.08. The lowest BCUT2D eigenvalue weighted by Gasteiger charge is -2.11. The summed E-state index contributed by atoms with van der Waals surface area (Å²) in [5.41, 5.74) is -1.67. The van der Waals surface area contributed by atoms with Crippen molar-refractivity contribution in [3.05, 3.63) is 59.7 Å². The van der Waals surface area contributed by atoms with Crippen LogP contribution in [0.15, 0.2) is 48.5 Å². The second-order valence-corrected chi connectivity index (χ2v) is 5.94. The number of benzene rings is 2. The molecule has 1 heterocycles. The van der Waals surface area contributed by atoms with E-state index in [-0.39, 0.29) is 22.8 Å². The number of aromatic nitrogens is 3. The van der Waals surface area contributed by atoms with Crippen LogP contribution in [0.25, 0.3) is 22.8 Å². The molecule has 0 saturated carbocycles. The molecule has 0 saturated heterocycles. The average molecular weight is 388 g/mol. The van der Waals surface area contributed by atoms with Gasteiger partial charge < -0.3 is 0 Å². The van der Waals surface area contributed by atoms with Gasteiger partial charge in [-0.15, -0.1) is 0 Å². The number of aryl methyl sites for hydroxylation is 1. The van der Waals surface area contributed by atoms with Crippen LogP contribution in [0.4, 0.5) is 22.0 Å². The SMILES string of the molecule is Cn1nc(-c2ccccc2C(F)(F)Cl)nc1-c1ccccc1C(F)(F)F. The van der Waals surface area contributed by atoms with E-state index < -0.39 is 22.7 Å². The van der Waals surface area contributed by atoms with E-state index in [1.807, 2.05) is 0 Å². The highest BCUT2D eigenvalue weighted by molar-refractivity contribution is 6.22. The second-order valence-electron chi connectivity index (χ2n) is 5.47. The molecule has 1 aromatic heterocycles. The third-order valence-corrected chi connectivity index (χ3v) is 3.91. The Morgan fingerprint density at radius 1 is 0.846 bits per heavy atom. The largest absolute Gasteiger partial charge is 0.417 e. The first-order chi connectivity index (χ1) is 12.1. The minimum absolute atomic E-state index is 0.0566. The van der Waals surface area contributed by atoms with Crippen molar-refractivity contribution >= 4 is 11.6 Å². The topological polar surface area (TPSA) is 30.7 Å². The van der Waals surface area contributed by atoms with E-state index in [0.29, 0.717) is 0 Å². The number of rotatable bonds is 3. The minimum Gasteiger partial charge on any atom is -0.248 e. The normalized spacial score (nSPS) is 12.4. The molecular weight excluding hydrogens is 377 g/mol. The summed E-state index contributed by atoms with van der Waals surface area (Å²) in [6.45, 7) is 0. The summed E-state index contributed by atoms with van der Waals surface area (Å²) in [6.07, 6.45) is -4.59. The van der Waals surface area contributed by atoms with E-state index in [0.717, 1.165) is 16.8 Å². The predicted octanol–water partition coefficient (Wildman–Crippen LogP) is 5.46. The van der Waals surface area contributed by atoms with Crippen LogP contribution in [0, 0.1) is 0 Å². The van der Waals surface area contributed by atoms with Crippen LogP contribution in [-0.2, 0) is 18.6 Å². The fourth-order valence-electron chi connectivity index (χ4n) is 2.58. The molecule has 0 radical (unpaired) electrons. The van der Waals surface area contributed by atoms with E-state index in [1.54, 1.807) is 0 Å². The predicted molar refractivity (Wildman–Crippen MR) is 86.6 cm³/mol. The first-order valence-electron chi connectivity index (χ1n) is 7.33. The summed E-state index contributed by atoms with van der Waals surface area (Å²) in [5.74, 6) is -0.240. The van der Waals surface area contributed by atoms with Gasteiger partial charge in [0.25, 0.3) is 0 Å². The Hall–Kier alpha value is -2.48. The van der Waals surface area contributed by atoms with E-state index in [4.69, 9.17) is 11.6 Å². The van der Waals surface area contributed by atoms with Crippen molar-refractivity contribution in [2.24, 2.45) is 7.05 Å². The van der Waals surface area contributed by atoms with Crippen molar-refractivity contribution in [1.29, 1.82) is 0 Å². The quantitative estimate of drug-likeness (QED) is 0.441. The molecule has 0 amide bonds. The summed E-state index contributed by atoms with van der Waals surface area (Å²) in [6, 6.07) is 10.2. The first kappa shape index (κ1) is 18.3. The molecule has 136 valence electrons. The lowest BCUT2D eigenvalue weighted by molar-refractivity contribution is -0.137. The van der Waals surface area contributed by atoms with Crippen LogP contribution in [0.1, 0.15) is 11.1 Å². The highest BCUT2D eigenvalue weighted by Gasteiger charge is 2.35. The van der Waals surface area contributed by atoms with E-state index in [9.17, 15) is 22.0 Å². The molecule has 0 spiro atoms. The van der Waals surface area contributed by atoms with Gasteiger partial charge in [0.2, 0.25) is 0 Å². The highest BCUT2D eigenvalue weighted by atomic mass is 35.5. The number of alkyl halides is 6. The monoisotopic (exact) mass is 387 g/mol. The van der Waals surface area contributed by atoms with Crippen molar-refractivity contribution < 1.29 is 22.0 Å². The van der Waals surface area contributed by atoms with Crippen molar-refractivity contribution in [3.63, 3.8) is 0 Å². The Morgan fingerprint density at radius 3 is 1.96 bits per heavy atom. The Bertz CT molecular complexity index is 944. The van der Waals surface area contributed by atoms with Crippen LogP contribution < -0.4 is 0 Å². The zero-order chi connectivity index (χ0) is 19.1. The van der Waals surface area contributed by atoms with Crippen LogP contribution in [0.2, 0.25) is 0 Å². The molecule has 0 fully saturated rings. The van der Waals surface area contributed by atoms with Crippen molar-refractivity contribution in [2.45, 2.75) is 11.6 Å². The first-order valence-corrected chi connectivity index (χ1v) is 7.71. The molecule has 2 aromatic carbocycles. The van der Waals surface area contributed by atoms with Gasteiger partial charge in [-0.05, 0) is 17.7 Å². The van der Waals surface area contributed by atoms with Crippen molar-refractivity contribution in [1.82, 2.24) is 14.8 Å². The fourth-order valence-corrected chi connectivity index (χ4v) is 2.75. The molecule has 0 aliphatic heterocycles. The summed E-state index contributed by atoms with van der Waals surface area (Å²) in [7, 11) is 1.39. The molecule has 0 bridgehead atoms. The third kappa shape index (κ3) is 3.41. The molecule has 0 N–H and O–H groups in total. The molecule has 0 aliphatic carbocycles. The molecule has 0 aliphatic rings. The fraction of sp³-hybridized carbons (Fsp3) is 0.176. The van der Waals surface area contributed by atoms with Crippen LogP contribution >= 0.6 is 11.6 Å². The van der Waals surface area contributed by atoms with Crippen LogP contribution in [0.3, 0.4) is 0 Å². The zero-order valence-electron chi connectivity index (χ0n) is 13.2. The Kier molecular flexibility index (Phi) is 4.47. The maximum atomic E-state index is 13.6. The van der Waals surface area contributed by atoms with Crippen molar-refractivity contribution in [3.8, 4) is 22.8 Å². The molecular formula is C17H11ClF5N3. The smallest absolute Gasteiger partial charge is 0.248 e. The van der Waals surface area contributed by atoms with Gasteiger partial charge in [-0.3, -0.25) is 0 Å². The Labute approximate surface area is 150 Å². The summed E-state index contributed by atoms with van der Waals surface area (Å²) in [4.78, 5) is 4.06.